The predicted molar refractivity (Wildman–Crippen MR) is 130 cm³/mol. The molecule has 3 aromatic rings. The van der Waals surface area contributed by atoms with E-state index in [0.29, 0.717) is 36.5 Å². The smallest absolute Gasteiger partial charge is 0.251 e. The third-order valence-corrected chi connectivity index (χ3v) is 5.98. The fourth-order valence-electron chi connectivity index (χ4n) is 3.84. The van der Waals surface area contributed by atoms with Gasteiger partial charge in [-0.05, 0) is 59.9 Å². The lowest BCUT2D eigenvalue weighted by Gasteiger charge is -2.29. The Morgan fingerprint density at radius 1 is 0.970 bits per heavy atom. The van der Waals surface area contributed by atoms with Crippen LogP contribution in [-0.4, -0.2) is 29.9 Å². The fraction of sp³-hybridized carbons (Fsp3) is 0.269. The zero-order valence-corrected chi connectivity index (χ0v) is 19.1. The summed E-state index contributed by atoms with van der Waals surface area (Å²) in [5, 5.41) is 6.32. The maximum absolute atomic E-state index is 12.1. The molecule has 2 amide bonds. The number of hydrogen-bond donors (Lipinski definition) is 2. The fourth-order valence-corrected chi connectivity index (χ4v) is 3.97. The zero-order chi connectivity index (χ0) is 23.0. The quantitative estimate of drug-likeness (QED) is 0.494. The number of rotatable bonds is 8. The maximum atomic E-state index is 12.1. The Balaban J connectivity index is 1.16. The number of nitrogens with one attached hydrogen (secondary N) is 2. The molecule has 6 nitrogen and oxygen atoms in total. The standard InChI is InChI=1S/C26H27ClN4O2/c27-23-10-8-21(9-11-23)26(33)28-14-3-6-25(32)30-17-19-7-12-24(29-16-19)31-15-13-20-4-1-2-5-22(20)18-31/h1-2,4-5,7-12,16H,3,6,13-15,17-18H2,(H,28,33)(H,30,32). The van der Waals surface area contributed by atoms with Crippen molar-refractivity contribution in [1.29, 1.82) is 0 Å². The summed E-state index contributed by atoms with van der Waals surface area (Å²) >= 11 is 5.83. The van der Waals surface area contributed by atoms with Crippen LogP contribution in [0.3, 0.4) is 0 Å². The minimum atomic E-state index is -0.171. The molecule has 0 spiro atoms. The Hall–Kier alpha value is -3.38. The van der Waals surface area contributed by atoms with Gasteiger partial charge in [0.05, 0.1) is 0 Å². The van der Waals surface area contributed by atoms with Gasteiger partial charge < -0.3 is 15.5 Å². The number of fused-ring (bicyclic) bond motifs is 1. The average Bonchev–Trinajstić information content (AvgIpc) is 2.85. The van der Waals surface area contributed by atoms with E-state index < -0.39 is 0 Å². The molecule has 7 heteroatoms. The molecule has 2 N–H and O–H groups in total. The Morgan fingerprint density at radius 3 is 2.52 bits per heavy atom. The molecule has 1 aliphatic heterocycles. The first-order chi connectivity index (χ1) is 16.1. The first-order valence-electron chi connectivity index (χ1n) is 11.2. The van der Waals surface area contributed by atoms with E-state index in [4.69, 9.17) is 11.6 Å². The van der Waals surface area contributed by atoms with Gasteiger partial charge in [-0.1, -0.05) is 41.9 Å². The van der Waals surface area contributed by atoms with E-state index in [0.717, 1.165) is 30.9 Å². The summed E-state index contributed by atoms with van der Waals surface area (Å²) in [6.07, 6.45) is 3.76. The third-order valence-electron chi connectivity index (χ3n) is 5.73. The van der Waals surface area contributed by atoms with Crippen molar-refractivity contribution < 1.29 is 9.59 Å². The number of amides is 2. The normalized spacial score (nSPS) is 12.7. The van der Waals surface area contributed by atoms with Gasteiger partial charge in [0.1, 0.15) is 5.82 Å². The van der Waals surface area contributed by atoms with Gasteiger partial charge in [-0.15, -0.1) is 0 Å². The molecule has 0 unspecified atom stereocenters. The lowest BCUT2D eigenvalue weighted by Crippen LogP contribution is -2.31. The molecule has 0 aliphatic carbocycles. The highest BCUT2D eigenvalue weighted by Gasteiger charge is 2.16. The molecule has 0 bridgehead atoms. The van der Waals surface area contributed by atoms with Gasteiger partial charge in [0.2, 0.25) is 5.91 Å². The Morgan fingerprint density at radius 2 is 1.76 bits per heavy atom. The molecular formula is C26H27ClN4O2. The summed E-state index contributed by atoms with van der Waals surface area (Å²) in [5.41, 5.74) is 4.28. The number of anilines is 1. The highest BCUT2D eigenvalue weighted by atomic mass is 35.5. The number of pyridine rings is 1. The van der Waals surface area contributed by atoms with Crippen LogP contribution in [0.15, 0.2) is 66.9 Å². The van der Waals surface area contributed by atoms with E-state index in [1.165, 1.54) is 11.1 Å². The number of carbonyl (C=O) groups excluding carboxylic acids is 2. The van der Waals surface area contributed by atoms with Gasteiger partial charge in [-0.25, -0.2) is 4.98 Å². The van der Waals surface area contributed by atoms with Gasteiger partial charge in [0, 0.05) is 49.4 Å². The SMILES string of the molecule is O=C(CCCNC(=O)c1ccc(Cl)cc1)NCc1ccc(N2CCc3ccccc3C2)nc1. The molecule has 33 heavy (non-hydrogen) atoms. The zero-order valence-electron chi connectivity index (χ0n) is 18.4. The summed E-state index contributed by atoms with van der Waals surface area (Å²) in [5.74, 6) is 0.735. The predicted octanol–water partition coefficient (Wildman–Crippen LogP) is 4.12. The average molecular weight is 463 g/mol. The molecule has 0 saturated heterocycles. The van der Waals surface area contributed by atoms with Crippen LogP contribution < -0.4 is 15.5 Å². The summed E-state index contributed by atoms with van der Waals surface area (Å²) in [7, 11) is 0. The minimum Gasteiger partial charge on any atom is -0.352 e. The molecule has 170 valence electrons. The van der Waals surface area contributed by atoms with Crippen molar-refractivity contribution in [2.24, 2.45) is 0 Å². The number of hydrogen-bond acceptors (Lipinski definition) is 4. The van der Waals surface area contributed by atoms with Crippen molar-refractivity contribution in [3.8, 4) is 0 Å². The van der Waals surface area contributed by atoms with Crippen molar-refractivity contribution in [3.63, 3.8) is 0 Å². The lowest BCUT2D eigenvalue weighted by atomic mass is 10.00. The molecule has 0 fully saturated rings. The van der Waals surface area contributed by atoms with Crippen molar-refractivity contribution in [2.45, 2.75) is 32.4 Å². The van der Waals surface area contributed by atoms with Crippen LogP contribution in [0.5, 0.6) is 0 Å². The highest BCUT2D eigenvalue weighted by molar-refractivity contribution is 6.30. The minimum absolute atomic E-state index is 0.0487. The number of benzene rings is 2. The van der Waals surface area contributed by atoms with Crippen LogP contribution in [0.25, 0.3) is 0 Å². The van der Waals surface area contributed by atoms with Gasteiger partial charge in [-0.2, -0.15) is 0 Å². The maximum Gasteiger partial charge on any atom is 0.251 e. The van der Waals surface area contributed by atoms with Crippen LogP contribution in [0.2, 0.25) is 5.02 Å². The first kappa shape index (κ1) is 22.8. The molecule has 2 aromatic carbocycles. The topological polar surface area (TPSA) is 74.3 Å². The largest absolute Gasteiger partial charge is 0.352 e. The summed E-state index contributed by atoms with van der Waals surface area (Å²) in [6, 6.07) is 19.3. The van der Waals surface area contributed by atoms with Gasteiger partial charge >= 0.3 is 0 Å². The second-order valence-corrected chi connectivity index (χ2v) is 8.54. The first-order valence-corrected chi connectivity index (χ1v) is 11.5. The molecule has 1 aliphatic rings. The molecule has 0 atom stereocenters. The lowest BCUT2D eigenvalue weighted by molar-refractivity contribution is -0.121. The number of carbonyl (C=O) groups is 2. The monoisotopic (exact) mass is 462 g/mol. The van der Waals surface area contributed by atoms with Crippen LogP contribution in [0.4, 0.5) is 5.82 Å². The molecule has 4 rings (SSSR count). The van der Waals surface area contributed by atoms with Crippen LogP contribution in [0.1, 0.15) is 39.9 Å². The molecule has 1 aromatic heterocycles. The summed E-state index contributed by atoms with van der Waals surface area (Å²) < 4.78 is 0. The Bertz CT molecular complexity index is 1100. The highest BCUT2D eigenvalue weighted by Crippen LogP contribution is 2.23. The second kappa shape index (κ2) is 11.0. The van der Waals surface area contributed by atoms with Crippen molar-refractivity contribution in [2.75, 3.05) is 18.0 Å². The molecule has 0 radical (unpaired) electrons. The second-order valence-electron chi connectivity index (χ2n) is 8.11. The molecule has 0 saturated carbocycles. The van der Waals surface area contributed by atoms with E-state index in [2.05, 4.69) is 44.8 Å². The van der Waals surface area contributed by atoms with Crippen molar-refractivity contribution in [3.05, 3.63) is 94.1 Å². The van der Waals surface area contributed by atoms with Crippen molar-refractivity contribution in [1.82, 2.24) is 15.6 Å². The summed E-state index contributed by atoms with van der Waals surface area (Å²) in [6.45, 7) is 2.69. The van der Waals surface area contributed by atoms with Crippen molar-refractivity contribution >= 4 is 29.2 Å². The molecule has 2 heterocycles. The van der Waals surface area contributed by atoms with Gasteiger partial charge in [0.15, 0.2) is 0 Å². The Labute approximate surface area is 199 Å². The van der Waals surface area contributed by atoms with E-state index in [-0.39, 0.29) is 11.8 Å². The molecular weight excluding hydrogens is 436 g/mol. The van der Waals surface area contributed by atoms with Crippen LogP contribution in [-0.2, 0) is 24.3 Å². The van der Waals surface area contributed by atoms with E-state index in [1.54, 1.807) is 24.3 Å². The van der Waals surface area contributed by atoms with Crippen LogP contribution in [0, 0.1) is 0 Å². The summed E-state index contributed by atoms with van der Waals surface area (Å²) in [4.78, 5) is 31.1. The number of halogens is 1. The van der Waals surface area contributed by atoms with E-state index in [9.17, 15) is 9.59 Å². The number of aromatic nitrogens is 1. The third kappa shape index (κ3) is 6.33. The van der Waals surface area contributed by atoms with Crippen LogP contribution >= 0.6 is 11.6 Å². The number of nitrogens with zero attached hydrogens (tertiary/aromatic N) is 2. The van der Waals surface area contributed by atoms with Gasteiger partial charge in [-0.3, -0.25) is 9.59 Å². The van der Waals surface area contributed by atoms with E-state index in [1.807, 2.05) is 18.3 Å². The van der Waals surface area contributed by atoms with Gasteiger partial charge in [0.25, 0.3) is 5.91 Å². The Kier molecular flexibility index (Phi) is 7.58. The van der Waals surface area contributed by atoms with E-state index >= 15 is 0 Å².